The Bertz CT molecular complexity index is 759. The van der Waals surface area contributed by atoms with Crippen LogP contribution in [0.2, 0.25) is 0 Å². The van der Waals surface area contributed by atoms with Gasteiger partial charge >= 0.3 is 0 Å². The molecule has 0 bridgehead atoms. The predicted molar refractivity (Wildman–Crippen MR) is 85.5 cm³/mol. The number of hydrogen-bond acceptors (Lipinski definition) is 6. The minimum absolute atomic E-state index is 0.0569. The molecular formula is C14H11BrN2O4S. The summed E-state index contributed by atoms with van der Waals surface area (Å²) in [4.78, 5) is 28.7. The van der Waals surface area contributed by atoms with E-state index in [9.17, 15) is 9.59 Å². The van der Waals surface area contributed by atoms with Crippen LogP contribution in [-0.4, -0.2) is 28.8 Å². The molecule has 22 heavy (non-hydrogen) atoms. The third-order valence-corrected chi connectivity index (χ3v) is 4.65. The molecule has 1 N–H and O–H groups in total. The number of Topliss-reactive ketones (excluding diaryl/α,β-unsaturated/α-hetero) is 1. The molecule has 0 saturated carbocycles. The maximum Gasteiger partial charge on any atom is 0.257 e. The lowest BCUT2D eigenvalue weighted by atomic mass is 10.2. The van der Waals surface area contributed by atoms with Crippen molar-refractivity contribution in [1.29, 1.82) is 0 Å². The number of benzene rings is 1. The number of anilines is 1. The van der Waals surface area contributed by atoms with E-state index >= 15 is 0 Å². The number of ketones is 1. The summed E-state index contributed by atoms with van der Waals surface area (Å²) in [5, 5.41) is 3.31. The Hall–Kier alpha value is -1.93. The van der Waals surface area contributed by atoms with Crippen LogP contribution in [0.5, 0.6) is 11.5 Å². The average molecular weight is 383 g/mol. The highest BCUT2D eigenvalue weighted by Crippen LogP contribution is 2.33. The summed E-state index contributed by atoms with van der Waals surface area (Å²) in [6.45, 7) is 1.90. The Morgan fingerprint density at radius 3 is 2.91 bits per heavy atom. The van der Waals surface area contributed by atoms with Gasteiger partial charge in [-0.05, 0) is 25.1 Å². The van der Waals surface area contributed by atoms with E-state index in [2.05, 4.69) is 26.2 Å². The van der Waals surface area contributed by atoms with Gasteiger partial charge in [0.2, 0.25) is 6.79 Å². The number of amides is 1. The largest absolute Gasteiger partial charge is 0.454 e. The quantitative estimate of drug-likeness (QED) is 0.649. The van der Waals surface area contributed by atoms with Crippen LogP contribution < -0.4 is 14.8 Å². The molecule has 8 heteroatoms. The average Bonchev–Trinajstić information content (AvgIpc) is 3.11. The zero-order valence-corrected chi connectivity index (χ0v) is 13.9. The van der Waals surface area contributed by atoms with Crippen molar-refractivity contribution in [2.45, 2.75) is 6.92 Å². The lowest BCUT2D eigenvalue weighted by Gasteiger charge is -2.02. The Kier molecular flexibility index (Phi) is 4.12. The summed E-state index contributed by atoms with van der Waals surface area (Å²) < 4.78 is 10.4. The maximum absolute atomic E-state index is 12.2. The summed E-state index contributed by atoms with van der Waals surface area (Å²) in [5.41, 5.74) is 1.04. The van der Waals surface area contributed by atoms with E-state index in [-0.39, 0.29) is 23.8 Å². The first-order valence-electron chi connectivity index (χ1n) is 6.36. The van der Waals surface area contributed by atoms with Gasteiger partial charge in [-0.2, -0.15) is 0 Å². The predicted octanol–water partition coefficient (Wildman–Crippen LogP) is 3.01. The number of rotatable bonds is 4. The third kappa shape index (κ3) is 2.84. The summed E-state index contributed by atoms with van der Waals surface area (Å²) in [6.07, 6.45) is 0. The molecule has 1 aromatic carbocycles. The zero-order chi connectivity index (χ0) is 15.7. The smallest absolute Gasteiger partial charge is 0.257 e. The molecule has 0 fully saturated rings. The second kappa shape index (κ2) is 6.05. The highest BCUT2D eigenvalue weighted by molar-refractivity contribution is 9.09. The zero-order valence-electron chi connectivity index (χ0n) is 11.5. The highest BCUT2D eigenvalue weighted by atomic mass is 79.9. The van der Waals surface area contributed by atoms with E-state index in [1.807, 2.05) is 0 Å². The van der Waals surface area contributed by atoms with E-state index in [1.54, 1.807) is 25.1 Å². The fraction of sp³-hybridized carbons (Fsp3) is 0.214. The number of nitrogens with zero attached hydrogens (tertiary/aromatic N) is 1. The first-order chi connectivity index (χ1) is 10.6. The molecule has 2 aromatic rings. The van der Waals surface area contributed by atoms with Gasteiger partial charge in [-0.3, -0.25) is 14.9 Å². The van der Waals surface area contributed by atoms with Gasteiger partial charge in [0.05, 0.1) is 15.9 Å². The number of nitrogens with one attached hydrogen (secondary N) is 1. The number of carbonyl (C=O) groups excluding carboxylic acids is 2. The van der Waals surface area contributed by atoms with Gasteiger partial charge in [0, 0.05) is 5.56 Å². The van der Waals surface area contributed by atoms with Crippen LogP contribution >= 0.6 is 27.3 Å². The Morgan fingerprint density at radius 2 is 2.14 bits per heavy atom. The molecule has 6 nitrogen and oxygen atoms in total. The van der Waals surface area contributed by atoms with Crippen LogP contribution in [0.3, 0.4) is 0 Å². The molecule has 1 aliphatic rings. The number of halogens is 1. The highest BCUT2D eigenvalue weighted by Gasteiger charge is 2.19. The SMILES string of the molecule is Cc1nc(NC(=O)c2ccc3c(c2)OCO3)sc1C(=O)CBr. The van der Waals surface area contributed by atoms with Gasteiger partial charge in [-0.25, -0.2) is 4.98 Å². The second-order valence-corrected chi connectivity index (χ2v) is 6.07. The Morgan fingerprint density at radius 1 is 1.36 bits per heavy atom. The van der Waals surface area contributed by atoms with Gasteiger partial charge < -0.3 is 9.47 Å². The molecule has 2 heterocycles. The summed E-state index contributed by atoms with van der Waals surface area (Å²) >= 11 is 4.29. The van der Waals surface area contributed by atoms with Crippen molar-refractivity contribution < 1.29 is 19.1 Å². The lowest BCUT2D eigenvalue weighted by Crippen LogP contribution is -2.11. The van der Waals surface area contributed by atoms with E-state index < -0.39 is 0 Å². The molecule has 0 atom stereocenters. The van der Waals surface area contributed by atoms with Crippen LogP contribution in [-0.2, 0) is 0 Å². The number of aromatic nitrogens is 1. The lowest BCUT2D eigenvalue weighted by molar-refractivity contribution is 0.101. The molecule has 1 amide bonds. The van der Waals surface area contributed by atoms with Crippen molar-refractivity contribution in [2.75, 3.05) is 17.4 Å². The van der Waals surface area contributed by atoms with Crippen LogP contribution in [0.15, 0.2) is 18.2 Å². The molecule has 0 spiro atoms. The van der Waals surface area contributed by atoms with Gasteiger partial charge in [-0.1, -0.05) is 27.3 Å². The standard InChI is InChI=1S/C14H11BrN2O4S/c1-7-12(9(18)5-15)22-14(16-7)17-13(19)8-2-3-10-11(4-8)21-6-20-10/h2-4H,5-6H2,1H3,(H,16,17,19). The molecule has 0 saturated heterocycles. The van der Waals surface area contributed by atoms with E-state index in [4.69, 9.17) is 9.47 Å². The minimum atomic E-state index is -0.315. The molecule has 3 rings (SSSR count). The Labute approximate surface area is 138 Å². The first-order valence-corrected chi connectivity index (χ1v) is 8.30. The molecule has 0 unspecified atom stereocenters. The van der Waals surface area contributed by atoms with Crippen molar-refractivity contribution in [3.05, 3.63) is 34.3 Å². The summed E-state index contributed by atoms with van der Waals surface area (Å²) in [7, 11) is 0. The number of ether oxygens (including phenoxy) is 2. The molecule has 114 valence electrons. The molecule has 1 aliphatic heterocycles. The molecular weight excluding hydrogens is 372 g/mol. The molecule has 0 radical (unpaired) electrons. The molecule has 1 aromatic heterocycles. The number of hydrogen-bond donors (Lipinski definition) is 1. The van der Waals surface area contributed by atoms with Gasteiger partial charge in [0.1, 0.15) is 0 Å². The second-order valence-electron chi connectivity index (χ2n) is 4.51. The number of carbonyl (C=O) groups is 2. The van der Waals surface area contributed by atoms with E-state index in [0.717, 1.165) is 11.3 Å². The topological polar surface area (TPSA) is 77.5 Å². The monoisotopic (exact) mass is 382 g/mol. The van der Waals surface area contributed by atoms with Crippen LogP contribution in [0, 0.1) is 6.92 Å². The number of fused-ring (bicyclic) bond motifs is 1. The van der Waals surface area contributed by atoms with Crippen molar-refractivity contribution in [2.24, 2.45) is 0 Å². The van der Waals surface area contributed by atoms with Gasteiger partial charge in [0.15, 0.2) is 22.4 Å². The van der Waals surface area contributed by atoms with Gasteiger partial charge in [-0.15, -0.1) is 0 Å². The van der Waals surface area contributed by atoms with Crippen LogP contribution in [0.25, 0.3) is 0 Å². The van der Waals surface area contributed by atoms with Crippen molar-refractivity contribution in [3.63, 3.8) is 0 Å². The maximum atomic E-state index is 12.2. The molecule has 0 aliphatic carbocycles. The van der Waals surface area contributed by atoms with Crippen molar-refractivity contribution in [1.82, 2.24) is 4.98 Å². The minimum Gasteiger partial charge on any atom is -0.454 e. The van der Waals surface area contributed by atoms with Gasteiger partial charge in [0.25, 0.3) is 5.91 Å². The van der Waals surface area contributed by atoms with E-state index in [0.29, 0.717) is 32.8 Å². The summed E-state index contributed by atoms with van der Waals surface area (Å²) in [5.74, 6) is 0.786. The normalized spacial score (nSPS) is 12.3. The van der Waals surface area contributed by atoms with Crippen LogP contribution in [0.4, 0.5) is 5.13 Å². The van der Waals surface area contributed by atoms with Crippen molar-refractivity contribution >= 4 is 44.1 Å². The number of thiazole rings is 1. The summed E-state index contributed by atoms with van der Waals surface area (Å²) in [6, 6.07) is 4.95. The fourth-order valence-corrected chi connectivity index (χ4v) is 3.34. The number of aryl methyl sites for hydroxylation is 1. The van der Waals surface area contributed by atoms with E-state index in [1.165, 1.54) is 0 Å². The first kappa shape index (κ1) is 15.0. The fourth-order valence-electron chi connectivity index (χ4n) is 1.98. The Balaban J connectivity index is 1.78. The van der Waals surface area contributed by atoms with Crippen LogP contribution in [0.1, 0.15) is 25.7 Å². The number of alkyl halides is 1. The van der Waals surface area contributed by atoms with Crippen molar-refractivity contribution in [3.8, 4) is 11.5 Å². The third-order valence-electron chi connectivity index (χ3n) is 3.03.